The van der Waals surface area contributed by atoms with E-state index in [-0.39, 0.29) is 17.8 Å². The van der Waals surface area contributed by atoms with Crippen LogP contribution in [0.15, 0.2) is 12.2 Å². The number of aliphatic hydroxyl groups is 1. The Balaban J connectivity index is 2.41. The van der Waals surface area contributed by atoms with E-state index in [1.807, 2.05) is 0 Å². The van der Waals surface area contributed by atoms with E-state index in [4.69, 9.17) is 0 Å². The molecule has 0 aromatic carbocycles. The molecule has 15 heavy (non-hydrogen) atoms. The smallest absolute Gasteiger partial charge is 0.159 e. The van der Waals surface area contributed by atoms with Crippen molar-refractivity contribution in [1.82, 2.24) is 0 Å². The van der Waals surface area contributed by atoms with Gasteiger partial charge in [0.25, 0.3) is 0 Å². The summed E-state index contributed by atoms with van der Waals surface area (Å²) in [4.78, 5) is 11.6. The number of carbonyl (C=O) groups excluding carboxylic acids is 1. The van der Waals surface area contributed by atoms with E-state index in [0.29, 0.717) is 5.92 Å². The third kappa shape index (κ3) is 3.78. The molecule has 0 aromatic heterocycles. The summed E-state index contributed by atoms with van der Waals surface area (Å²) in [5.41, 5.74) is 0. The second kappa shape index (κ2) is 6.06. The number of ketones is 1. The molecule has 1 N–H and O–H groups in total. The Hall–Kier alpha value is -0.630. The Morgan fingerprint density at radius 3 is 2.80 bits per heavy atom. The van der Waals surface area contributed by atoms with E-state index >= 15 is 0 Å². The van der Waals surface area contributed by atoms with Gasteiger partial charge in [0.1, 0.15) is 0 Å². The molecule has 0 spiro atoms. The lowest BCUT2D eigenvalue weighted by Crippen LogP contribution is -2.17. The highest BCUT2D eigenvalue weighted by molar-refractivity contribution is 5.94. The number of hydrogen-bond acceptors (Lipinski definition) is 2. The molecular weight excluding hydrogens is 188 g/mol. The summed E-state index contributed by atoms with van der Waals surface area (Å²) in [6, 6.07) is 0. The standard InChI is InChI=1S/C13H22O2/c1-3-4-5-11-7-9-13(15)12(11)8-6-10(2)14/h7,9-12,14H,3-6,8H2,1-2H3. The van der Waals surface area contributed by atoms with Crippen molar-refractivity contribution < 1.29 is 9.90 Å². The molecule has 0 bridgehead atoms. The van der Waals surface area contributed by atoms with Gasteiger partial charge in [-0.3, -0.25) is 4.79 Å². The fourth-order valence-electron chi connectivity index (χ4n) is 2.20. The highest BCUT2D eigenvalue weighted by atomic mass is 16.3. The molecule has 0 saturated carbocycles. The first-order valence-corrected chi connectivity index (χ1v) is 6.05. The minimum absolute atomic E-state index is 0.145. The van der Waals surface area contributed by atoms with E-state index in [9.17, 15) is 9.90 Å². The number of hydrogen-bond donors (Lipinski definition) is 1. The van der Waals surface area contributed by atoms with Crippen LogP contribution in [0.1, 0.15) is 46.0 Å². The van der Waals surface area contributed by atoms with Crippen molar-refractivity contribution in [2.45, 2.75) is 52.1 Å². The van der Waals surface area contributed by atoms with Crippen LogP contribution in [0.3, 0.4) is 0 Å². The third-order valence-corrected chi connectivity index (χ3v) is 3.18. The number of aliphatic hydroxyl groups excluding tert-OH is 1. The van der Waals surface area contributed by atoms with Gasteiger partial charge in [-0.1, -0.05) is 25.8 Å². The Bertz CT molecular complexity index is 231. The molecule has 2 nitrogen and oxygen atoms in total. The number of carbonyl (C=O) groups is 1. The fourth-order valence-corrected chi connectivity index (χ4v) is 2.20. The fraction of sp³-hybridized carbons (Fsp3) is 0.769. The SMILES string of the molecule is CCCCC1C=CC(=O)C1CCC(C)O. The van der Waals surface area contributed by atoms with Gasteiger partial charge in [0.15, 0.2) is 5.78 Å². The zero-order chi connectivity index (χ0) is 11.3. The van der Waals surface area contributed by atoms with Crippen LogP contribution in [0.25, 0.3) is 0 Å². The molecule has 3 unspecified atom stereocenters. The van der Waals surface area contributed by atoms with Gasteiger partial charge in [0.05, 0.1) is 6.10 Å². The number of allylic oxidation sites excluding steroid dienone is 2. The van der Waals surface area contributed by atoms with Crippen molar-refractivity contribution in [3.63, 3.8) is 0 Å². The first-order chi connectivity index (χ1) is 7.15. The molecular formula is C13H22O2. The average Bonchev–Trinajstić information content (AvgIpc) is 2.53. The second-order valence-corrected chi connectivity index (χ2v) is 4.60. The molecule has 0 saturated heterocycles. The maximum absolute atomic E-state index is 11.6. The predicted molar refractivity (Wildman–Crippen MR) is 61.6 cm³/mol. The van der Waals surface area contributed by atoms with Crippen LogP contribution in [0.4, 0.5) is 0 Å². The lowest BCUT2D eigenvalue weighted by atomic mass is 9.86. The van der Waals surface area contributed by atoms with Crippen LogP contribution < -0.4 is 0 Å². The van der Waals surface area contributed by atoms with Crippen LogP contribution in [-0.2, 0) is 4.79 Å². The molecule has 0 amide bonds. The van der Waals surface area contributed by atoms with Gasteiger partial charge in [0.2, 0.25) is 0 Å². The van der Waals surface area contributed by atoms with E-state index < -0.39 is 0 Å². The molecule has 0 aliphatic heterocycles. The monoisotopic (exact) mass is 210 g/mol. The van der Waals surface area contributed by atoms with Crippen LogP contribution >= 0.6 is 0 Å². The first kappa shape index (κ1) is 12.4. The summed E-state index contributed by atoms with van der Waals surface area (Å²) in [5.74, 6) is 0.833. The molecule has 1 aliphatic carbocycles. The van der Waals surface area contributed by atoms with Gasteiger partial charge < -0.3 is 5.11 Å². The predicted octanol–water partition coefficient (Wildman–Crippen LogP) is 2.71. The first-order valence-electron chi connectivity index (χ1n) is 6.05. The quantitative estimate of drug-likeness (QED) is 0.732. The molecule has 1 rings (SSSR count). The van der Waals surface area contributed by atoms with E-state index in [0.717, 1.165) is 19.3 Å². The molecule has 2 heteroatoms. The molecule has 0 heterocycles. The van der Waals surface area contributed by atoms with Gasteiger partial charge in [-0.2, -0.15) is 0 Å². The minimum atomic E-state index is -0.287. The Labute approximate surface area is 92.4 Å². The van der Waals surface area contributed by atoms with Crippen LogP contribution in [-0.4, -0.2) is 17.0 Å². The molecule has 0 radical (unpaired) electrons. The second-order valence-electron chi connectivity index (χ2n) is 4.60. The van der Waals surface area contributed by atoms with Crippen molar-refractivity contribution in [1.29, 1.82) is 0 Å². The number of unbranched alkanes of at least 4 members (excludes halogenated alkanes) is 1. The van der Waals surface area contributed by atoms with Crippen molar-refractivity contribution in [3.8, 4) is 0 Å². The van der Waals surface area contributed by atoms with Gasteiger partial charge in [-0.15, -0.1) is 0 Å². The van der Waals surface area contributed by atoms with Crippen LogP contribution in [0, 0.1) is 11.8 Å². The third-order valence-electron chi connectivity index (χ3n) is 3.18. The highest BCUT2D eigenvalue weighted by Gasteiger charge is 2.29. The minimum Gasteiger partial charge on any atom is -0.393 e. The topological polar surface area (TPSA) is 37.3 Å². The van der Waals surface area contributed by atoms with Crippen LogP contribution in [0.2, 0.25) is 0 Å². The van der Waals surface area contributed by atoms with Gasteiger partial charge >= 0.3 is 0 Å². The van der Waals surface area contributed by atoms with E-state index in [2.05, 4.69) is 13.0 Å². The molecule has 86 valence electrons. The summed E-state index contributed by atoms with van der Waals surface area (Å²) in [6.07, 6.45) is 8.56. The van der Waals surface area contributed by atoms with Crippen molar-refractivity contribution in [3.05, 3.63) is 12.2 Å². The van der Waals surface area contributed by atoms with Crippen molar-refractivity contribution in [2.24, 2.45) is 11.8 Å². The normalized spacial score (nSPS) is 27.3. The number of rotatable bonds is 6. The van der Waals surface area contributed by atoms with Gasteiger partial charge in [0, 0.05) is 5.92 Å². The Morgan fingerprint density at radius 2 is 2.20 bits per heavy atom. The maximum atomic E-state index is 11.6. The van der Waals surface area contributed by atoms with Crippen LogP contribution in [0.5, 0.6) is 0 Å². The molecule has 0 aromatic rings. The highest BCUT2D eigenvalue weighted by Crippen LogP contribution is 2.30. The summed E-state index contributed by atoms with van der Waals surface area (Å²) in [6.45, 7) is 3.96. The zero-order valence-electron chi connectivity index (χ0n) is 9.78. The maximum Gasteiger partial charge on any atom is 0.159 e. The summed E-state index contributed by atoms with van der Waals surface area (Å²) >= 11 is 0. The van der Waals surface area contributed by atoms with Gasteiger partial charge in [-0.25, -0.2) is 0 Å². The Kier molecular flexibility index (Phi) is 5.03. The molecule has 0 fully saturated rings. The summed E-state index contributed by atoms with van der Waals surface area (Å²) in [7, 11) is 0. The average molecular weight is 210 g/mol. The van der Waals surface area contributed by atoms with E-state index in [1.54, 1.807) is 13.0 Å². The lowest BCUT2D eigenvalue weighted by molar-refractivity contribution is -0.118. The van der Waals surface area contributed by atoms with Gasteiger partial charge in [-0.05, 0) is 38.2 Å². The molecule has 1 aliphatic rings. The Morgan fingerprint density at radius 1 is 1.47 bits per heavy atom. The summed E-state index contributed by atoms with van der Waals surface area (Å²) < 4.78 is 0. The van der Waals surface area contributed by atoms with Crippen molar-refractivity contribution >= 4 is 5.78 Å². The lowest BCUT2D eigenvalue weighted by Gasteiger charge is -2.18. The molecule has 3 atom stereocenters. The summed E-state index contributed by atoms with van der Waals surface area (Å²) in [5, 5.41) is 9.23. The van der Waals surface area contributed by atoms with E-state index in [1.165, 1.54) is 12.8 Å². The zero-order valence-corrected chi connectivity index (χ0v) is 9.78. The largest absolute Gasteiger partial charge is 0.393 e. The van der Waals surface area contributed by atoms with Crippen molar-refractivity contribution in [2.75, 3.05) is 0 Å².